The highest BCUT2D eigenvalue weighted by atomic mass is 16.5. The summed E-state index contributed by atoms with van der Waals surface area (Å²) in [4.78, 5) is 2.27. The average Bonchev–Trinajstić information content (AvgIpc) is 3.17. The number of aryl methyl sites for hydroxylation is 1. The summed E-state index contributed by atoms with van der Waals surface area (Å²) in [6.45, 7) is 11.7. The topological polar surface area (TPSA) is 69.0 Å². The highest BCUT2D eigenvalue weighted by Crippen LogP contribution is 2.33. The van der Waals surface area contributed by atoms with Crippen LogP contribution in [0.1, 0.15) is 45.4 Å². The molecule has 0 aliphatic rings. The lowest BCUT2D eigenvalue weighted by molar-refractivity contribution is -0.0150. The number of aliphatic hydroxyl groups excluding tert-OH is 1. The number of rotatable bonds is 13. The second-order valence-corrected chi connectivity index (χ2v) is 9.12. The van der Waals surface area contributed by atoms with E-state index in [2.05, 4.69) is 18.7 Å². The second-order valence-electron chi connectivity index (χ2n) is 9.12. The molecule has 0 bridgehead atoms. The maximum Gasteiger partial charge on any atom is 0.227 e. The van der Waals surface area contributed by atoms with Gasteiger partial charge in [-0.2, -0.15) is 5.10 Å². The van der Waals surface area contributed by atoms with E-state index in [0.29, 0.717) is 31.3 Å². The van der Waals surface area contributed by atoms with Gasteiger partial charge in [0.15, 0.2) is 0 Å². The second kappa shape index (κ2) is 12.7. The van der Waals surface area contributed by atoms with Crippen molar-refractivity contribution in [2.24, 2.45) is 0 Å². The number of nitrogens with zero attached hydrogens (tertiary/aromatic N) is 3. The van der Waals surface area contributed by atoms with Gasteiger partial charge in [-0.3, -0.25) is 4.90 Å². The highest BCUT2D eigenvalue weighted by molar-refractivity contribution is 5.44. The van der Waals surface area contributed by atoms with Crippen molar-refractivity contribution in [1.29, 1.82) is 0 Å². The molecule has 7 nitrogen and oxygen atoms in total. The van der Waals surface area contributed by atoms with Crippen LogP contribution >= 0.6 is 0 Å². The first-order valence-electron chi connectivity index (χ1n) is 12.3. The van der Waals surface area contributed by atoms with Gasteiger partial charge in [0.1, 0.15) is 11.5 Å². The Bertz CT molecular complexity index is 1050. The van der Waals surface area contributed by atoms with Crippen molar-refractivity contribution in [2.75, 3.05) is 20.3 Å². The van der Waals surface area contributed by atoms with E-state index in [9.17, 15) is 5.11 Å². The van der Waals surface area contributed by atoms with Gasteiger partial charge in [0.05, 0.1) is 42.9 Å². The van der Waals surface area contributed by atoms with Gasteiger partial charge in [-0.15, -0.1) is 0 Å². The van der Waals surface area contributed by atoms with Crippen molar-refractivity contribution in [3.8, 4) is 23.1 Å². The van der Waals surface area contributed by atoms with Crippen molar-refractivity contribution in [1.82, 2.24) is 14.7 Å². The zero-order valence-electron chi connectivity index (χ0n) is 21.8. The number of hydrogen-bond acceptors (Lipinski definition) is 6. The molecule has 0 amide bonds. The maximum atomic E-state index is 10.7. The third-order valence-corrected chi connectivity index (χ3v) is 6.04. The first-order chi connectivity index (χ1) is 16.8. The van der Waals surface area contributed by atoms with Crippen molar-refractivity contribution in [3.63, 3.8) is 0 Å². The van der Waals surface area contributed by atoms with E-state index < -0.39 is 6.10 Å². The normalized spacial score (nSPS) is 13.3. The summed E-state index contributed by atoms with van der Waals surface area (Å²) >= 11 is 0. The standard InChI is InChI=1S/C28H39N3O4/c1-7-21(4)30(17-24(32)19-34-20(2)3)18-27-22(5)29-31(23-12-9-8-10-13-23)28(27)35-26-15-11-14-25(16-26)33-6/h8-16,20-21,24,32H,7,17-19H2,1-6H3/t21-,24+/m0/s1. The van der Waals surface area contributed by atoms with Gasteiger partial charge < -0.3 is 19.3 Å². The number of aromatic nitrogens is 2. The molecule has 2 aromatic carbocycles. The molecule has 1 aromatic heterocycles. The molecule has 3 aromatic rings. The molecule has 0 fully saturated rings. The fourth-order valence-electron chi connectivity index (χ4n) is 3.83. The molecular weight excluding hydrogens is 442 g/mol. The third-order valence-electron chi connectivity index (χ3n) is 6.04. The zero-order chi connectivity index (χ0) is 25.4. The Labute approximate surface area is 209 Å². The maximum absolute atomic E-state index is 10.7. The SMILES string of the molecule is CC[C@H](C)N(Cc1c(C)nn(-c2ccccc2)c1Oc1cccc(OC)c1)C[C@@H](O)COC(C)C. The van der Waals surface area contributed by atoms with Gasteiger partial charge in [-0.05, 0) is 58.4 Å². The van der Waals surface area contributed by atoms with E-state index in [1.165, 1.54) is 0 Å². The van der Waals surface area contributed by atoms with Crippen molar-refractivity contribution >= 4 is 0 Å². The Kier molecular flexibility index (Phi) is 9.72. The minimum atomic E-state index is -0.585. The number of aliphatic hydroxyl groups is 1. The van der Waals surface area contributed by atoms with Crippen molar-refractivity contribution in [2.45, 2.75) is 65.8 Å². The number of ether oxygens (including phenoxy) is 3. The molecule has 0 aliphatic carbocycles. The summed E-state index contributed by atoms with van der Waals surface area (Å²) < 4.78 is 19.3. The third kappa shape index (κ3) is 7.31. The van der Waals surface area contributed by atoms with Crippen LogP contribution < -0.4 is 9.47 Å². The van der Waals surface area contributed by atoms with Gasteiger partial charge in [0.25, 0.3) is 0 Å². The molecule has 0 radical (unpaired) electrons. The van der Waals surface area contributed by atoms with E-state index in [0.717, 1.165) is 29.1 Å². The van der Waals surface area contributed by atoms with Crippen LogP contribution in [0.15, 0.2) is 54.6 Å². The van der Waals surface area contributed by atoms with Gasteiger partial charge in [-0.25, -0.2) is 4.68 Å². The summed E-state index contributed by atoms with van der Waals surface area (Å²) in [5.74, 6) is 2.05. The summed E-state index contributed by atoms with van der Waals surface area (Å²) in [6, 6.07) is 17.8. The number of benzene rings is 2. The molecule has 7 heteroatoms. The van der Waals surface area contributed by atoms with Crippen LogP contribution in [-0.2, 0) is 11.3 Å². The molecule has 0 aliphatic heterocycles. The van der Waals surface area contributed by atoms with Gasteiger partial charge in [0, 0.05) is 25.2 Å². The molecular formula is C28H39N3O4. The van der Waals surface area contributed by atoms with E-state index in [4.69, 9.17) is 19.3 Å². The molecule has 1 N–H and O–H groups in total. The predicted molar refractivity (Wildman–Crippen MR) is 139 cm³/mol. The van der Waals surface area contributed by atoms with Crippen molar-refractivity contribution in [3.05, 3.63) is 65.9 Å². The fraction of sp³-hybridized carbons (Fsp3) is 0.464. The molecule has 2 atom stereocenters. The van der Waals surface area contributed by atoms with Crippen LogP contribution in [0.4, 0.5) is 0 Å². The average molecular weight is 482 g/mol. The number of hydrogen-bond donors (Lipinski definition) is 1. The Morgan fingerprint density at radius 3 is 2.40 bits per heavy atom. The lowest BCUT2D eigenvalue weighted by Gasteiger charge is -2.30. The van der Waals surface area contributed by atoms with Crippen LogP contribution in [0.2, 0.25) is 0 Å². The summed E-state index contributed by atoms with van der Waals surface area (Å²) in [5.41, 5.74) is 2.78. The molecule has 0 spiro atoms. The van der Waals surface area contributed by atoms with Crippen LogP contribution in [0.25, 0.3) is 5.69 Å². The van der Waals surface area contributed by atoms with Gasteiger partial charge in [-0.1, -0.05) is 31.2 Å². The Morgan fingerprint density at radius 1 is 1.03 bits per heavy atom. The monoisotopic (exact) mass is 481 g/mol. The molecule has 190 valence electrons. The zero-order valence-corrected chi connectivity index (χ0v) is 21.8. The summed E-state index contributed by atoms with van der Waals surface area (Å²) in [6.07, 6.45) is 0.449. The lowest BCUT2D eigenvalue weighted by Crippen LogP contribution is -2.40. The van der Waals surface area contributed by atoms with E-state index in [1.807, 2.05) is 80.1 Å². The van der Waals surface area contributed by atoms with Gasteiger partial charge >= 0.3 is 0 Å². The van der Waals surface area contributed by atoms with E-state index in [1.54, 1.807) is 7.11 Å². The number of para-hydroxylation sites is 1. The van der Waals surface area contributed by atoms with Crippen LogP contribution in [-0.4, -0.2) is 58.3 Å². The number of methoxy groups -OCH3 is 1. The smallest absolute Gasteiger partial charge is 0.227 e. The first kappa shape index (κ1) is 26.7. The molecule has 3 rings (SSSR count). The van der Waals surface area contributed by atoms with Crippen LogP contribution in [0.5, 0.6) is 17.4 Å². The molecule has 1 heterocycles. The Balaban J connectivity index is 1.97. The molecule has 0 saturated heterocycles. The summed E-state index contributed by atoms with van der Waals surface area (Å²) in [7, 11) is 1.64. The quantitative estimate of drug-likeness (QED) is 0.354. The van der Waals surface area contributed by atoms with E-state index >= 15 is 0 Å². The largest absolute Gasteiger partial charge is 0.497 e. The predicted octanol–water partition coefficient (Wildman–Crippen LogP) is 5.37. The Hall–Kier alpha value is -2.87. The minimum Gasteiger partial charge on any atom is -0.497 e. The molecule has 0 saturated carbocycles. The molecule has 0 unspecified atom stereocenters. The van der Waals surface area contributed by atoms with E-state index in [-0.39, 0.29) is 12.1 Å². The van der Waals surface area contributed by atoms with Crippen LogP contribution in [0.3, 0.4) is 0 Å². The molecule has 35 heavy (non-hydrogen) atoms. The summed E-state index contributed by atoms with van der Waals surface area (Å²) in [5, 5.41) is 15.5. The highest BCUT2D eigenvalue weighted by Gasteiger charge is 2.25. The minimum absolute atomic E-state index is 0.0795. The van der Waals surface area contributed by atoms with Gasteiger partial charge in [0.2, 0.25) is 5.88 Å². The van der Waals surface area contributed by atoms with Crippen molar-refractivity contribution < 1.29 is 19.3 Å². The fourth-order valence-corrected chi connectivity index (χ4v) is 3.83. The lowest BCUT2D eigenvalue weighted by atomic mass is 10.1. The van der Waals surface area contributed by atoms with Crippen LogP contribution in [0, 0.1) is 6.92 Å². The Morgan fingerprint density at radius 2 is 1.74 bits per heavy atom. The first-order valence-corrected chi connectivity index (χ1v) is 12.3.